The number of hydrogen-bond acceptors (Lipinski definition) is 3. The number of methoxy groups -OCH3 is 1. The maximum atomic E-state index is 12.1. The lowest BCUT2D eigenvalue weighted by Gasteiger charge is -2.15. The van der Waals surface area contributed by atoms with Crippen LogP contribution in [0.2, 0.25) is 0 Å². The van der Waals surface area contributed by atoms with Crippen LogP contribution in [0.5, 0.6) is 5.75 Å². The Morgan fingerprint density at radius 1 is 1.37 bits per heavy atom. The van der Waals surface area contributed by atoms with Crippen LogP contribution in [-0.2, 0) is 11.2 Å². The number of carbonyl (C=O) groups is 1. The summed E-state index contributed by atoms with van der Waals surface area (Å²) in [5, 5.41) is 0. The van der Waals surface area contributed by atoms with E-state index in [1.54, 1.807) is 7.11 Å². The van der Waals surface area contributed by atoms with Gasteiger partial charge in [0.25, 0.3) is 0 Å². The van der Waals surface area contributed by atoms with Gasteiger partial charge in [0.1, 0.15) is 5.75 Å². The second-order valence-electron chi connectivity index (χ2n) is 5.29. The maximum absolute atomic E-state index is 12.1. The molecule has 1 aromatic carbocycles. The number of aryl methyl sites for hydroxylation is 1. The molecule has 2 atom stereocenters. The largest absolute Gasteiger partial charge is 0.497 e. The van der Waals surface area contributed by atoms with Crippen molar-refractivity contribution in [3.63, 3.8) is 0 Å². The summed E-state index contributed by atoms with van der Waals surface area (Å²) in [4.78, 5) is 14.0. The van der Waals surface area contributed by atoms with E-state index >= 15 is 0 Å². The lowest BCUT2D eigenvalue weighted by Crippen LogP contribution is -2.32. The molecule has 104 valence electrons. The molecule has 19 heavy (non-hydrogen) atoms. The number of ether oxygens (including phenoxy) is 1. The van der Waals surface area contributed by atoms with Crippen molar-refractivity contribution >= 4 is 5.91 Å². The van der Waals surface area contributed by atoms with Gasteiger partial charge in [0, 0.05) is 25.6 Å². The van der Waals surface area contributed by atoms with Gasteiger partial charge < -0.3 is 15.4 Å². The number of nitrogens with two attached hydrogens (primary N) is 1. The Morgan fingerprint density at radius 3 is 2.58 bits per heavy atom. The summed E-state index contributed by atoms with van der Waals surface area (Å²) in [6.07, 6.45) is 1.31. The van der Waals surface area contributed by atoms with E-state index in [4.69, 9.17) is 10.5 Å². The topological polar surface area (TPSA) is 55.6 Å². The van der Waals surface area contributed by atoms with Crippen molar-refractivity contribution in [3.05, 3.63) is 29.8 Å². The van der Waals surface area contributed by atoms with Crippen molar-refractivity contribution < 1.29 is 9.53 Å². The van der Waals surface area contributed by atoms with Crippen LogP contribution in [0.25, 0.3) is 0 Å². The molecule has 2 rings (SSSR count). The molecule has 2 N–H and O–H groups in total. The number of likely N-dealkylation sites (tertiary alicyclic amines) is 1. The standard InChI is InChI=1S/C15H22N2O2/c1-11-9-17(10-14(11)16)15(18)8-5-12-3-6-13(19-2)7-4-12/h3-4,6-7,11,14H,5,8-10,16H2,1-2H3. The molecule has 0 spiro atoms. The molecule has 0 aromatic heterocycles. The molecule has 1 heterocycles. The van der Waals surface area contributed by atoms with Gasteiger partial charge in [0.15, 0.2) is 0 Å². The highest BCUT2D eigenvalue weighted by atomic mass is 16.5. The van der Waals surface area contributed by atoms with Crippen LogP contribution < -0.4 is 10.5 Å². The van der Waals surface area contributed by atoms with Gasteiger partial charge in [-0.05, 0) is 30.0 Å². The Bertz CT molecular complexity index is 420. The lowest BCUT2D eigenvalue weighted by atomic mass is 10.1. The monoisotopic (exact) mass is 262 g/mol. The highest BCUT2D eigenvalue weighted by Gasteiger charge is 2.29. The SMILES string of the molecule is COc1ccc(CCC(=O)N2CC(C)C(N)C2)cc1. The average molecular weight is 262 g/mol. The van der Waals surface area contributed by atoms with Crippen molar-refractivity contribution in [1.82, 2.24) is 4.90 Å². The van der Waals surface area contributed by atoms with E-state index in [9.17, 15) is 4.79 Å². The summed E-state index contributed by atoms with van der Waals surface area (Å²) in [6, 6.07) is 7.99. The molecule has 0 saturated carbocycles. The second kappa shape index (κ2) is 6.06. The van der Waals surface area contributed by atoms with Crippen molar-refractivity contribution in [2.45, 2.75) is 25.8 Å². The van der Waals surface area contributed by atoms with Crippen molar-refractivity contribution in [2.75, 3.05) is 20.2 Å². The third-order valence-electron chi connectivity index (χ3n) is 3.81. The number of carbonyl (C=O) groups excluding carboxylic acids is 1. The summed E-state index contributed by atoms with van der Waals surface area (Å²) in [5.74, 6) is 1.45. The van der Waals surface area contributed by atoms with Crippen LogP contribution in [0.3, 0.4) is 0 Å². The summed E-state index contributed by atoms with van der Waals surface area (Å²) in [6.45, 7) is 3.59. The van der Waals surface area contributed by atoms with Crippen LogP contribution in [0.4, 0.5) is 0 Å². The van der Waals surface area contributed by atoms with Crippen molar-refractivity contribution in [2.24, 2.45) is 11.7 Å². The second-order valence-corrected chi connectivity index (χ2v) is 5.29. The fourth-order valence-corrected chi connectivity index (χ4v) is 2.40. The smallest absolute Gasteiger partial charge is 0.222 e. The minimum atomic E-state index is 0.130. The fourth-order valence-electron chi connectivity index (χ4n) is 2.40. The van der Waals surface area contributed by atoms with Crippen LogP contribution >= 0.6 is 0 Å². The molecule has 1 fully saturated rings. The Kier molecular flexibility index (Phi) is 4.43. The first-order chi connectivity index (χ1) is 9.10. The zero-order chi connectivity index (χ0) is 13.8. The fraction of sp³-hybridized carbons (Fsp3) is 0.533. The molecular weight excluding hydrogens is 240 g/mol. The van der Waals surface area contributed by atoms with Crippen LogP contribution in [0.15, 0.2) is 24.3 Å². The Hall–Kier alpha value is -1.55. The Morgan fingerprint density at radius 2 is 2.05 bits per heavy atom. The molecule has 1 aromatic rings. The Balaban J connectivity index is 1.83. The van der Waals surface area contributed by atoms with E-state index in [-0.39, 0.29) is 11.9 Å². The van der Waals surface area contributed by atoms with Crippen molar-refractivity contribution in [3.8, 4) is 5.75 Å². The van der Waals surface area contributed by atoms with E-state index in [2.05, 4.69) is 6.92 Å². The van der Waals surface area contributed by atoms with Gasteiger partial charge in [-0.15, -0.1) is 0 Å². The molecule has 1 aliphatic heterocycles. The summed E-state index contributed by atoms with van der Waals surface area (Å²) in [5.41, 5.74) is 7.10. The number of rotatable bonds is 4. The van der Waals surface area contributed by atoms with Gasteiger partial charge in [-0.1, -0.05) is 19.1 Å². The summed E-state index contributed by atoms with van der Waals surface area (Å²) in [7, 11) is 1.65. The van der Waals surface area contributed by atoms with Gasteiger partial charge in [0.05, 0.1) is 7.11 Å². The van der Waals surface area contributed by atoms with Crippen molar-refractivity contribution in [1.29, 1.82) is 0 Å². The maximum Gasteiger partial charge on any atom is 0.222 e. The van der Waals surface area contributed by atoms with E-state index < -0.39 is 0 Å². The molecule has 1 aliphatic rings. The molecule has 2 unspecified atom stereocenters. The average Bonchev–Trinajstić information content (AvgIpc) is 2.77. The number of hydrogen-bond donors (Lipinski definition) is 1. The number of benzene rings is 1. The molecule has 0 aliphatic carbocycles. The minimum absolute atomic E-state index is 0.130. The van der Waals surface area contributed by atoms with Gasteiger partial charge in [-0.2, -0.15) is 0 Å². The zero-order valence-corrected chi connectivity index (χ0v) is 11.6. The highest BCUT2D eigenvalue weighted by molar-refractivity contribution is 5.76. The van der Waals surface area contributed by atoms with E-state index in [1.165, 1.54) is 0 Å². The lowest BCUT2D eigenvalue weighted by molar-refractivity contribution is -0.130. The molecule has 4 nitrogen and oxygen atoms in total. The van der Waals surface area contributed by atoms with Gasteiger partial charge >= 0.3 is 0 Å². The predicted octanol–water partition coefficient (Wildman–Crippen LogP) is 1.43. The molecule has 1 saturated heterocycles. The zero-order valence-electron chi connectivity index (χ0n) is 11.6. The number of nitrogens with zero attached hydrogens (tertiary/aromatic N) is 1. The first-order valence-corrected chi connectivity index (χ1v) is 6.76. The first-order valence-electron chi connectivity index (χ1n) is 6.76. The van der Waals surface area contributed by atoms with Gasteiger partial charge in [0.2, 0.25) is 5.91 Å². The molecule has 0 radical (unpaired) electrons. The van der Waals surface area contributed by atoms with E-state index in [0.717, 1.165) is 24.3 Å². The molecule has 4 heteroatoms. The van der Waals surface area contributed by atoms with E-state index in [1.807, 2.05) is 29.2 Å². The van der Waals surface area contributed by atoms with Crippen LogP contribution in [-0.4, -0.2) is 37.0 Å². The van der Waals surface area contributed by atoms with Gasteiger partial charge in [-0.3, -0.25) is 4.79 Å². The van der Waals surface area contributed by atoms with E-state index in [0.29, 0.717) is 18.9 Å². The molecular formula is C15H22N2O2. The van der Waals surface area contributed by atoms with Crippen LogP contribution in [0.1, 0.15) is 18.9 Å². The predicted molar refractivity (Wildman–Crippen MR) is 75.0 cm³/mol. The first kappa shape index (κ1) is 13.9. The number of amides is 1. The Labute approximate surface area is 114 Å². The third kappa shape index (κ3) is 3.47. The summed E-state index contributed by atoms with van der Waals surface area (Å²) < 4.78 is 5.11. The quantitative estimate of drug-likeness (QED) is 0.893. The molecule has 0 bridgehead atoms. The highest BCUT2D eigenvalue weighted by Crippen LogP contribution is 2.17. The molecule has 1 amide bonds. The van der Waals surface area contributed by atoms with Crippen LogP contribution in [0, 0.1) is 5.92 Å². The minimum Gasteiger partial charge on any atom is -0.497 e. The van der Waals surface area contributed by atoms with Gasteiger partial charge in [-0.25, -0.2) is 0 Å². The summed E-state index contributed by atoms with van der Waals surface area (Å²) >= 11 is 0. The third-order valence-corrected chi connectivity index (χ3v) is 3.81. The normalized spacial score (nSPS) is 22.6.